The summed E-state index contributed by atoms with van der Waals surface area (Å²) in [6.07, 6.45) is 3.11. The second kappa shape index (κ2) is 7.91. The molecular formula is C17H20FN3O4S2. The van der Waals surface area contributed by atoms with E-state index in [1.165, 1.54) is 34.9 Å². The molecule has 1 aliphatic heterocycles. The first-order valence-corrected chi connectivity index (χ1v) is 11.1. The molecule has 146 valence electrons. The average molecular weight is 413 g/mol. The van der Waals surface area contributed by atoms with Crippen molar-refractivity contribution in [2.75, 3.05) is 25.2 Å². The van der Waals surface area contributed by atoms with E-state index in [0.29, 0.717) is 29.4 Å². The van der Waals surface area contributed by atoms with Gasteiger partial charge in [0.1, 0.15) is 6.04 Å². The first-order chi connectivity index (χ1) is 12.8. The predicted octanol–water partition coefficient (Wildman–Crippen LogP) is 2.71. The summed E-state index contributed by atoms with van der Waals surface area (Å²) < 4.78 is 43.8. The van der Waals surface area contributed by atoms with Gasteiger partial charge in [-0.05, 0) is 31.0 Å². The van der Waals surface area contributed by atoms with E-state index in [2.05, 4.69) is 10.3 Å². The van der Waals surface area contributed by atoms with Gasteiger partial charge >= 0.3 is 0 Å². The maximum Gasteiger partial charge on any atom is 0.244 e. The van der Waals surface area contributed by atoms with Gasteiger partial charge in [-0.3, -0.25) is 4.79 Å². The van der Waals surface area contributed by atoms with E-state index in [0.717, 1.165) is 19.1 Å². The molecule has 1 atom stereocenters. The average Bonchev–Trinajstić information content (AvgIpc) is 3.09. The van der Waals surface area contributed by atoms with Gasteiger partial charge in [0.05, 0.1) is 19.1 Å². The van der Waals surface area contributed by atoms with Crippen molar-refractivity contribution < 1.29 is 22.3 Å². The number of nitrogens with zero attached hydrogens (tertiary/aromatic N) is 2. The van der Waals surface area contributed by atoms with E-state index in [4.69, 9.17) is 4.74 Å². The highest BCUT2D eigenvalue weighted by atomic mass is 32.2. The number of methoxy groups -OCH3 is 1. The van der Waals surface area contributed by atoms with Crippen LogP contribution in [0.25, 0.3) is 11.3 Å². The Balaban J connectivity index is 1.75. The lowest BCUT2D eigenvalue weighted by Gasteiger charge is -2.32. The van der Waals surface area contributed by atoms with Gasteiger partial charge < -0.3 is 10.1 Å². The van der Waals surface area contributed by atoms with E-state index >= 15 is 0 Å². The summed E-state index contributed by atoms with van der Waals surface area (Å²) in [6, 6.07) is 3.76. The minimum absolute atomic E-state index is 0.140. The molecule has 7 nitrogen and oxygen atoms in total. The molecule has 0 radical (unpaired) electrons. The van der Waals surface area contributed by atoms with Crippen molar-refractivity contribution in [1.82, 2.24) is 9.29 Å². The normalized spacial score (nSPS) is 18.3. The third-order valence-electron chi connectivity index (χ3n) is 4.36. The van der Waals surface area contributed by atoms with Crippen molar-refractivity contribution in [3.63, 3.8) is 0 Å². The zero-order chi connectivity index (χ0) is 19.6. The van der Waals surface area contributed by atoms with Crippen molar-refractivity contribution in [2.24, 2.45) is 0 Å². The van der Waals surface area contributed by atoms with Gasteiger partial charge in [-0.25, -0.2) is 17.8 Å². The molecule has 1 aromatic heterocycles. The maximum atomic E-state index is 13.9. The van der Waals surface area contributed by atoms with Crippen LogP contribution in [0.3, 0.4) is 0 Å². The van der Waals surface area contributed by atoms with Gasteiger partial charge in [-0.15, -0.1) is 11.3 Å². The van der Waals surface area contributed by atoms with Gasteiger partial charge in [0, 0.05) is 17.5 Å². The highest BCUT2D eigenvalue weighted by Crippen LogP contribution is 2.29. The van der Waals surface area contributed by atoms with Gasteiger partial charge in [0.15, 0.2) is 16.7 Å². The molecule has 0 bridgehead atoms. The molecule has 3 rings (SSSR count). The molecule has 1 aromatic carbocycles. The predicted molar refractivity (Wildman–Crippen MR) is 102 cm³/mol. The molecule has 27 heavy (non-hydrogen) atoms. The van der Waals surface area contributed by atoms with Crippen molar-refractivity contribution in [3.05, 3.63) is 29.4 Å². The van der Waals surface area contributed by atoms with Crippen LogP contribution in [-0.4, -0.2) is 49.6 Å². The fourth-order valence-corrected chi connectivity index (χ4v) is 4.89. The number of benzene rings is 1. The van der Waals surface area contributed by atoms with Crippen molar-refractivity contribution in [3.8, 4) is 17.0 Å². The number of ether oxygens (including phenoxy) is 1. The minimum Gasteiger partial charge on any atom is -0.494 e. The Labute approximate surface area is 161 Å². The van der Waals surface area contributed by atoms with Crippen LogP contribution in [0.15, 0.2) is 23.6 Å². The Morgan fingerprint density at radius 2 is 2.19 bits per heavy atom. The Morgan fingerprint density at radius 1 is 1.41 bits per heavy atom. The Bertz CT molecular complexity index is 945. The van der Waals surface area contributed by atoms with Gasteiger partial charge in [0.25, 0.3) is 0 Å². The summed E-state index contributed by atoms with van der Waals surface area (Å²) in [5.41, 5.74) is 1.07. The number of carbonyl (C=O) groups excluding carboxylic acids is 1. The van der Waals surface area contributed by atoms with E-state index < -0.39 is 27.8 Å². The monoisotopic (exact) mass is 413 g/mol. The number of amides is 1. The Hall–Kier alpha value is -2.04. The van der Waals surface area contributed by atoms with E-state index in [1.54, 1.807) is 11.4 Å². The number of thiazole rings is 1. The molecule has 1 saturated heterocycles. The highest BCUT2D eigenvalue weighted by Gasteiger charge is 2.34. The number of nitrogens with one attached hydrogen (secondary N) is 1. The number of anilines is 1. The zero-order valence-corrected chi connectivity index (χ0v) is 16.6. The second-order valence-corrected chi connectivity index (χ2v) is 9.05. The number of rotatable bonds is 5. The number of piperidine rings is 1. The van der Waals surface area contributed by atoms with Gasteiger partial charge in [-0.1, -0.05) is 6.42 Å². The van der Waals surface area contributed by atoms with E-state index in [9.17, 15) is 17.6 Å². The molecule has 1 amide bonds. The number of aromatic nitrogens is 1. The van der Waals surface area contributed by atoms with Crippen LogP contribution in [0.4, 0.5) is 9.52 Å². The summed E-state index contributed by atoms with van der Waals surface area (Å²) >= 11 is 1.20. The highest BCUT2D eigenvalue weighted by molar-refractivity contribution is 7.88. The molecule has 2 aromatic rings. The summed E-state index contributed by atoms with van der Waals surface area (Å²) in [5, 5.41) is 4.72. The molecule has 1 fully saturated rings. The lowest BCUT2D eigenvalue weighted by Crippen LogP contribution is -2.49. The van der Waals surface area contributed by atoms with Gasteiger partial charge in [-0.2, -0.15) is 4.31 Å². The zero-order valence-electron chi connectivity index (χ0n) is 14.9. The first-order valence-electron chi connectivity index (χ1n) is 8.36. The maximum absolute atomic E-state index is 13.9. The van der Waals surface area contributed by atoms with Crippen molar-refractivity contribution in [1.29, 1.82) is 0 Å². The molecule has 0 saturated carbocycles. The van der Waals surface area contributed by atoms with Gasteiger partial charge in [0.2, 0.25) is 15.9 Å². The van der Waals surface area contributed by atoms with Crippen LogP contribution in [0.5, 0.6) is 5.75 Å². The van der Waals surface area contributed by atoms with Crippen LogP contribution in [-0.2, 0) is 14.8 Å². The van der Waals surface area contributed by atoms with Crippen LogP contribution in [0.2, 0.25) is 0 Å². The van der Waals surface area contributed by atoms with Crippen LogP contribution in [0, 0.1) is 5.82 Å². The number of carbonyl (C=O) groups is 1. The molecule has 1 unspecified atom stereocenters. The molecule has 1 aliphatic rings. The molecule has 2 heterocycles. The summed E-state index contributed by atoms with van der Waals surface area (Å²) in [4.78, 5) is 16.9. The summed E-state index contributed by atoms with van der Waals surface area (Å²) in [7, 11) is -2.07. The third-order valence-corrected chi connectivity index (χ3v) is 6.41. The number of sulfonamides is 1. The second-order valence-electron chi connectivity index (χ2n) is 6.26. The smallest absolute Gasteiger partial charge is 0.244 e. The summed E-state index contributed by atoms with van der Waals surface area (Å²) in [5.74, 6) is -0.762. The van der Waals surface area contributed by atoms with E-state index in [1.807, 2.05) is 0 Å². The van der Waals surface area contributed by atoms with Crippen molar-refractivity contribution in [2.45, 2.75) is 25.3 Å². The molecule has 1 N–H and O–H groups in total. The fourth-order valence-electron chi connectivity index (χ4n) is 3.04. The van der Waals surface area contributed by atoms with E-state index in [-0.39, 0.29) is 5.75 Å². The minimum atomic E-state index is -3.46. The molecular weight excluding hydrogens is 393 g/mol. The molecule has 0 aliphatic carbocycles. The topological polar surface area (TPSA) is 88.6 Å². The number of hydrogen-bond acceptors (Lipinski definition) is 6. The number of halogens is 1. The standard InChI is InChI=1S/C17H20FN3O4S2/c1-25-15-7-6-11(9-12(15)18)13-10-26-17(19-13)20-16(22)14-5-3-4-8-21(14)27(2,23)24/h6-7,9-10,14H,3-5,8H2,1-2H3,(H,19,20,22). The molecule has 0 spiro atoms. The number of hydrogen-bond donors (Lipinski definition) is 1. The van der Waals surface area contributed by atoms with Crippen LogP contribution in [0.1, 0.15) is 19.3 Å². The van der Waals surface area contributed by atoms with Crippen LogP contribution < -0.4 is 10.1 Å². The quantitative estimate of drug-likeness (QED) is 0.814. The molecule has 10 heteroatoms. The lowest BCUT2D eigenvalue weighted by atomic mass is 10.0. The van der Waals surface area contributed by atoms with Crippen LogP contribution >= 0.6 is 11.3 Å². The Morgan fingerprint density at radius 3 is 2.85 bits per heavy atom. The summed E-state index contributed by atoms with van der Waals surface area (Å²) in [6.45, 7) is 0.338. The first kappa shape index (κ1) is 19.7. The van der Waals surface area contributed by atoms with Crippen molar-refractivity contribution >= 4 is 32.4 Å². The Kier molecular flexibility index (Phi) is 5.78. The fraction of sp³-hybridized carbons (Fsp3) is 0.412. The lowest BCUT2D eigenvalue weighted by molar-refractivity contribution is -0.120. The third kappa shape index (κ3) is 4.45. The SMILES string of the molecule is COc1ccc(-c2csc(NC(=O)C3CCCCN3S(C)(=O)=O)n2)cc1F. The largest absolute Gasteiger partial charge is 0.494 e.